The minimum Gasteiger partial charge on any atom is -0.409 e. The molecule has 0 saturated heterocycles. The standard InChI is InChI=1S/C12H15N3O2S/c1-15(6-11(13)14-17)12(16)9-7-18-10-5-3-2-4-8(9)10/h2-5,9,17H,6-7H2,1H3,(H2,13,14). The first-order chi connectivity index (χ1) is 8.63. The fourth-order valence-corrected chi connectivity index (χ4v) is 3.21. The highest BCUT2D eigenvalue weighted by Crippen LogP contribution is 2.39. The van der Waals surface area contributed by atoms with Crippen molar-refractivity contribution in [3.63, 3.8) is 0 Å². The van der Waals surface area contributed by atoms with Crippen LogP contribution < -0.4 is 5.73 Å². The molecule has 1 unspecified atom stereocenters. The summed E-state index contributed by atoms with van der Waals surface area (Å²) in [6.45, 7) is 0.138. The Bertz CT molecular complexity index is 490. The Morgan fingerprint density at radius 3 is 3.06 bits per heavy atom. The van der Waals surface area contributed by atoms with E-state index in [9.17, 15) is 4.79 Å². The predicted molar refractivity (Wildman–Crippen MR) is 71.0 cm³/mol. The van der Waals surface area contributed by atoms with E-state index in [1.807, 2.05) is 24.3 Å². The van der Waals surface area contributed by atoms with Gasteiger partial charge in [-0.1, -0.05) is 23.4 Å². The number of carbonyl (C=O) groups excluding carboxylic acids is 1. The first kappa shape index (κ1) is 12.8. The van der Waals surface area contributed by atoms with Crippen LogP contribution in [0.2, 0.25) is 0 Å². The lowest BCUT2D eigenvalue weighted by atomic mass is 10.00. The molecule has 0 aromatic heterocycles. The summed E-state index contributed by atoms with van der Waals surface area (Å²) in [5.74, 6) is 0.644. The highest BCUT2D eigenvalue weighted by atomic mass is 32.2. The van der Waals surface area contributed by atoms with Crippen molar-refractivity contribution in [2.45, 2.75) is 10.8 Å². The number of likely N-dealkylation sites (N-methyl/N-ethyl adjacent to an activating group) is 1. The molecule has 5 nitrogen and oxygen atoms in total. The van der Waals surface area contributed by atoms with Crippen molar-refractivity contribution in [2.75, 3.05) is 19.3 Å². The van der Waals surface area contributed by atoms with Crippen LogP contribution in [0.1, 0.15) is 11.5 Å². The molecule has 1 aromatic carbocycles. The summed E-state index contributed by atoms with van der Waals surface area (Å²) in [7, 11) is 1.66. The number of benzene rings is 1. The van der Waals surface area contributed by atoms with Crippen LogP contribution in [0.15, 0.2) is 34.3 Å². The van der Waals surface area contributed by atoms with Crippen molar-refractivity contribution >= 4 is 23.5 Å². The molecule has 0 aliphatic carbocycles. The molecule has 0 bridgehead atoms. The third-order valence-electron chi connectivity index (χ3n) is 2.90. The number of rotatable bonds is 3. The molecule has 1 aliphatic heterocycles. The topological polar surface area (TPSA) is 78.9 Å². The van der Waals surface area contributed by atoms with Gasteiger partial charge in [-0.2, -0.15) is 0 Å². The Morgan fingerprint density at radius 2 is 2.33 bits per heavy atom. The van der Waals surface area contributed by atoms with E-state index in [1.54, 1.807) is 18.8 Å². The molecule has 1 aromatic rings. The zero-order valence-electron chi connectivity index (χ0n) is 10.0. The van der Waals surface area contributed by atoms with Gasteiger partial charge < -0.3 is 15.8 Å². The normalized spacial score (nSPS) is 18.5. The number of carbonyl (C=O) groups is 1. The lowest BCUT2D eigenvalue weighted by Crippen LogP contribution is -2.38. The van der Waals surface area contributed by atoms with Crippen LogP contribution in [0.5, 0.6) is 0 Å². The van der Waals surface area contributed by atoms with Crippen LogP contribution in [0.3, 0.4) is 0 Å². The maximum absolute atomic E-state index is 12.3. The van der Waals surface area contributed by atoms with Gasteiger partial charge in [0, 0.05) is 17.7 Å². The van der Waals surface area contributed by atoms with E-state index in [0.29, 0.717) is 0 Å². The number of nitrogens with zero attached hydrogens (tertiary/aromatic N) is 2. The van der Waals surface area contributed by atoms with Crippen LogP contribution in [-0.2, 0) is 4.79 Å². The molecular weight excluding hydrogens is 250 g/mol. The van der Waals surface area contributed by atoms with Crippen LogP contribution >= 0.6 is 11.8 Å². The number of thioether (sulfide) groups is 1. The molecule has 0 fully saturated rings. The van der Waals surface area contributed by atoms with E-state index in [-0.39, 0.29) is 24.2 Å². The fourth-order valence-electron chi connectivity index (χ4n) is 1.99. The van der Waals surface area contributed by atoms with Gasteiger partial charge in [-0.25, -0.2) is 0 Å². The highest BCUT2D eigenvalue weighted by Gasteiger charge is 2.31. The first-order valence-electron chi connectivity index (χ1n) is 5.56. The number of nitrogens with two attached hydrogens (primary N) is 1. The Hall–Kier alpha value is -1.69. The molecule has 3 N–H and O–H groups in total. The number of oxime groups is 1. The maximum atomic E-state index is 12.3. The average Bonchev–Trinajstić information content (AvgIpc) is 2.81. The Balaban J connectivity index is 2.12. The molecular formula is C12H15N3O2S. The second-order valence-electron chi connectivity index (χ2n) is 4.19. The second kappa shape index (κ2) is 5.30. The Labute approximate surface area is 110 Å². The van der Waals surface area contributed by atoms with Gasteiger partial charge in [-0.15, -0.1) is 11.8 Å². The van der Waals surface area contributed by atoms with Gasteiger partial charge in [0.05, 0.1) is 12.5 Å². The summed E-state index contributed by atoms with van der Waals surface area (Å²) in [5.41, 5.74) is 6.47. The monoisotopic (exact) mass is 265 g/mol. The molecule has 0 radical (unpaired) electrons. The number of hydrogen-bond acceptors (Lipinski definition) is 4. The third kappa shape index (κ3) is 2.43. The smallest absolute Gasteiger partial charge is 0.231 e. The lowest BCUT2D eigenvalue weighted by molar-refractivity contribution is -0.130. The zero-order chi connectivity index (χ0) is 13.1. The number of amides is 1. The molecule has 1 amide bonds. The summed E-state index contributed by atoms with van der Waals surface area (Å²) < 4.78 is 0. The molecule has 0 spiro atoms. The van der Waals surface area contributed by atoms with Crippen molar-refractivity contribution in [1.82, 2.24) is 4.90 Å². The van der Waals surface area contributed by atoms with Gasteiger partial charge in [-0.05, 0) is 11.6 Å². The minimum atomic E-state index is -0.136. The Morgan fingerprint density at radius 1 is 1.61 bits per heavy atom. The van der Waals surface area contributed by atoms with Crippen molar-refractivity contribution < 1.29 is 10.0 Å². The van der Waals surface area contributed by atoms with Crippen molar-refractivity contribution in [3.8, 4) is 0 Å². The zero-order valence-corrected chi connectivity index (χ0v) is 10.9. The van der Waals surface area contributed by atoms with Crippen LogP contribution in [0.4, 0.5) is 0 Å². The molecule has 1 heterocycles. The van der Waals surface area contributed by atoms with Gasteiger partial charge in [0.2, 0.25) is 5.91 Å². The summed E-state index contributed by atoms with van der Waals surface area (Å²) in [6.07, 6.45) is 0. The number of amidine groups is 1. The predicted octanol–water partition coefficient (Wildman–Crippen LogP) is 1.08. The fraction of sp³-hybridized carbons (Fsp3) is 0.333. The van der Waals surface area contributed by atoms with Gasteiger partial charge in [0.1, 0.15) is 0 Å². The van der Waals surface area contributed by atoms with Gasteiger partial charge >= 0.3 is 0 Å². The summed E-state index contributed by atoms with van der Waals surface area (Å²) in [6, 6.07) is 7.92. The van der Waals surface area contributed by atoms with E-state index in [0.717, 1.165) is 16.2 Å². The second-order valence-corrected chi connectivity index (χ2v) is 5.25. The quantitative estimate of drug-likeness (QED) is 0.371. The van der Waals surface area contributed by atoms with Crippen molar-refractivity contribution in [2.24, 2.45) is 10.9 Å². The van der Waals surface area contributed by atoms with Crippen LogP contribution in [-0.4, -0.2) is 41.2 Å². The molecule has 6 heteroatoms. The van der Waals surface area contributed by atoms with Crippen LogP contribution in [0, 0.1) is 0 Å². The van der Waals surface area contributed by atoms with E-state index in [4.69, 9.17) is 10.9 Å². The minimum absolute atomic E-state index is 0.000880. The van der Waals surface area contributed by atoms with E-state index in [2.05, 4.69) is 5.16 Å². The largest absolute Gasteiger partial charge is 0.409 e. The molecule has 2 rings (SSSR count). The van der Waals surface area contributed by atoms with Gasteiger partial charge in [0.25, 0.3) is 0 Å². The maximum Gasteiger partial charge on any atom is 0.231 e. The number of fused-ring (bicyclic) bond motifs is 1. The molecule has 96 valence electrons. The van der Waals surface area contributed by atoms with Crippen molar-refractivity contribution in [1.29, 1.82) is 0 Å². The van der Waals surface area contributed by atoms with Gasteiger partial charge in [-0.3, -0.25) is 4.79 Å². The molecule has 18 heavy (non-hydrogen) atoms. The summed E-state index contributed by atoms with van der Waals surface area (Å²) in [4.78, 5) is 14.9. The van der Waals surface area contributed by atoms with Crippen molar-refractivity contribution in [3.05, 3.63) is 29.8 Å². The van der Waals surface area contributed by atoms with E-state index >= 15 is 0 Å². The summed E-state index contributed by atoms with van der Waals surface area (Å²) in [5, 5.41) is 11.4. The summed E-state index contributed by atoms with van der Waals surface area (Å²) >= 11 is 1.69. The highest BCUT2D eigenvalue weighted by molar-refractivity contribution is 7.99. The Kier molecular flexibility index (Phi) is 3.76. The first-order valence-corrected chi connectivity index (χ1v) is 6.55. The van der Waals surface area contributed by atoms with E-state index in [1.165, 1.54) is 4.90 Å². The number of hydrogen-bond donors (Lipinski definition) is 2. The lowest BCUT2D eigenvalue weighted by Gasteiger charge is -2.20. The third-order valence-corrected chi connectivity index (χ3v) is 4.08. The van der Waals surface area contributed by atoms with E-state index < -0.39 is 0 Å². The van der Waals surface area contributed by atoms with Crippen LogP contribution in [0.25, 0.3) is 0 Å². The molecule has 1 aliphatic rings. The molecule has 1 atom stereocenters. The average molecular weight is 265 g/mol. The molecule has 0 saturated carbocycles. The van der Waals surface area contributed by atoms with Gasteiger partial charge in [0.15, 0.2) is 5.84 Å². The SMILES string of the molecule is CN(CC(N)=NO)C(=O)C1CSc2ccccc21.